The van der Waals surface area contributed by atoms with Crippen LogP contribution in [-0.2, 0) is 0 Å². The maximum atomic E-state index is 9.33. The van der Waals surface area contributed by atoms with E-state index in [2.05, 4.69) is 41.0 Å². The smallest absolute Gasteiger partial charge is 0.164 e. The largest absolute Gasteiger partial charge is 0.307 e. The molecule has 0 amide bonds. The van der Waals surface area contributed by atoms with Crippen molar-refractivity contribution in [3.8, 4) is 67.8 Å². The number of nitrogens with zero attached hydrogens (tertiary/aromatic N) is 5. The summed E-state index contributed by atoms with van der Waals surface area (Å²) >= 11 is 0. The molecule has 0 bridgehead atoms. The molecule has 0 unspecified atom stereocenters. The Kier molecular flexibility index (Phi) is 6.67. The molecule has 0 spiro atoms. The molecule has 0 radical (unpaired) electrons. The number of rotatable bonds is 7. The predicted molar refractivity (Wildman–Crippen MR) is 256 cm³/mol. The highest BCUT2D eigenvalue weighted by Gasteiger charge is 2.22. The van der Waals surface area contributed by atoms with Gasteiger partial charge in [0, 0.05) is 43.9 Å². The number of aromatic nitrogens is 5. The summed E-state index contributed by atoms with van der Waals surface area (Å²) in [6.07, 6.45) is 0. The Morgan fingerprint density at radius 1 is 0.323 bits per heavy atom. The first-order valence-electron chi connectivity index (χ1n) is 24.3. The molecule has 9 aromatic carbocycles. The fourth-order valence-electron chi connectivity index (χ4n) is 8.57. The van der Waals surface area contributed by atoms with Crippen LogP contribution in [0.2, 0.25) is 0 Å². The first-order valence-corrected chi connectivity index (χ1v) is 20.3. The van der Waals surface area contributed by atoms with Crippen LogP contribution >= 0.6 is 0 Å². The summed E-state index contributed by atoms with van der Waals surface area (Å²) in [6.45, 7) is 0. The lowest BCUT2D eigenvalue weighted by Crippen LogP contribution is -2.03. The lowest BCUT2D eigenvalue weighted by atomic mass is 10.0. The number of hydrogen-bond acceptors (Lipinski definition) is 3. The fourth-order valence-corrected chi connectivity index (χ4v) is 8.57. The van der Waals surface area contributed by atoms with Gasteiger partial charge >= 0.3 is 0 Å². The van der Waals surface area contributed by atoms with Crippen molar-refractivity contribution in [1.29, 1.82) is 0 Å². The van der Waals surface area contributed by atoms with Crippen LogP contribution in [0.25, 0.3) is 111 Å². The third-order valence-electron chi connectivity index (χ3n) is 11.4. The van der Waals surface area contributed by atoms with Gasteiger partial charge in [-0.1, -0.05) is 182 Å². The van der Waals surface area contributed by atoms with Gasteiger partial charge in [0.05, 0.1) is 38.7 Å². The van der Waals surface area contributed by atoms with Gasteiger partial charge in [-0.3, -0.25) is 0 Å². The van der Waals surface area contributed by atoms with E-state index in [1.165, 1.54) is 0 Å². The highest BCUT2D eigenvalue weighted by Crippen LogP contribution is 2.41. The maximum absolute atomic E-state index is 9.33. The molecular formula is C57H37N5. The molecule has 0 saturated heterocycles. The van der Waals surface area contributed by atoms with Gasteiger partial charge in [-0.05, 0) is 64.7 Å². The second kappa shape index (κ2) is 14.7. The third kappa shape index (κ3) is 5.98. The van der Waals surface area contributed by atoms with E-state index >= 15 is 0 Å². The first kappa shape index (κ1) is 28.1. The van der Waals surface area contributed by atoms with E-state index < -0.39 is 36.3 Å². The van der Waals surface area contributed by atoms with E-state index in [1.54, 1.807) is 4.57 Å². The summed E-state index contributed by atoms with van der Waals surface area (Å²) in [5, 5.41) is 1.72. The highest BCUT2D eigenvalue weighted by molar-refractivity contribution is 6.15. The fraction of sp³-hybridized carbons (Fsp3) is 0. The zero-order chi connectivity index (χ0) is 47.9. The van der Waals surface area contributed by atoms with Gasteiger partial charge in [0.2, 0.25) is 0 Å². The van der Waals surface area contributed by atoms with Crippen molar-refractivity contribution in [2.45, 2.75) is 0 Å². The van der Waals surface area contributed by atoms with Crippen molar-refractivity contribution < 1.29 is 11.0 Å². The summed E-state index contributed by atoms with van der Waals surface area (Å²) in [4.78, 5) is 15.4. The Morgan fingerprint density at radius 2 is 0.790 bits per heavy atom. The summed E-state index contributed by atoms with van der Waals surface area (Å²) in [5.74, 6) is 1.43. The van der Waals surface area contributed by atoms with Crippen LogP contribution in [-0.4, -0.2) is 24.1 Å². The Hall–Kier alpha value is -8.41. The second-order valence-electron chi connectivity index (χ2n) is 15.1. The van der Waals surface area contributed by atoms with Crippen molar-refractivity contribution >= 4 is 43.6 Å². The topological polar surface area (TPSA) is 48.5 Å². The number of benzene rings is 9. The summed E-state index contributed by atoms with van der Waals surface area (Å²) in [7, 11) is 0. The Balaban J connectivity index is 1.17. The number of hydrogen-bond donors (Lipinski definition) is 0. The van der Waals surface area contributed by atoms with Crippen LogP contribution in [0.1, 0.15) is 11.0 Å². The maximum Gasteiger partial charge on any atom is 0.164 e. The molecule has 0 fully saturated rings. The van der Waals surface area contributed by atoms with Gasteiger partial charge < -0.3 is 9.13 Å². The quantitative estimate of drug-likeness (QED) is 0.161. The monoisotopic (exact) mass is 799 g/mol. The van der Waals surface area contributed by atoms with Crippen LogP contribution in [0, 0.1) is 0 Å². The van der Waals surface area contributed by atoms with E-state index in [0.717, 1.165) is 55.4 Å². The lowest BCUT2D eigenvalue weighted by molar-refractivity contribution is 1.07. The van der Waals surface area contributed by atoms with Crippen LogP contribution in [0.3, 0.4) is 0 Å². The van der Waals surface area contributed by atoms with E-state index in [0.29, 0.717) is 34.2 Å². The zero-order valence-electron chi connectivity index (χ0n) is 41.0. The van der Waals surface area contributed by atoms with Crippen molar-refractivity contribution in [2.24, 2.45) is 0 Å². The van der Waals surface area contributed by atoms with E-state index in [9.17, 15) is 2.74 Å². The molecule has 62 heavy (non-hydrogen) atoms. The van der Waals surface area contributed by atoms with Gasteiger partial charge in [-0.25, -0.2) is 15.0 Å². The molecule has 5 heteroatoms. The molecule has 5 nitrogen and oxygen atoms in total. The van der Waals surface area contributed by atoms with Gasteiger partial charge in [0.25, 0.3) is 0 Å². The highest BCUT2D eigenvalue weighted by atomic mass is 15.1. The number of para-hydroxylation sites is 4. The van der Waals surface area contributed by atoms with E-state index in [-0.39, 0.29) is 33.9 Å². The van der Waals surface area contributed by atoms with E-state index in [1.807, 2.05) is 140 Å². The third-order valence-corrected chi connectivity index (χ3v) is 11.4. The molecule has 0 aliphatic carbocycles. The van der Waals surface area contributed by atoms with Gasteiger partial charge in [0.1, 0.15) is 0 Å². The SMILES string of the molecule is [2H]c1c([2H])c([2H])c2c(c1[2H])c1c([2H])c([2H])c([2H])c([2H])c1n2-c1cccc2c3ccccc3n(-c3cc(-c4ccccc4)cc(-c4nc(-c5ccccc5)nc(-c5ccc(-c6ccccc6)cc5)n4)c3)c12. The molecule has 3 aromatic heterocycles. The summed E-state index contributed by atoms with van der Waals surface area (Å²) in [5.41, 5.74) is 9.01. The molecule has 12 aromatic rings. The Labute approximate surface area is 369 Å². The lowest BCUT2D eigenvalue weighted by Gasteiger charge is -2.17. The van der Waals surface area contributed by atoms with Crippen LogP contribution in [0.4, 0.5) is 0 Å². The second-order valence-corrected chi connectivity index (χ2v) is 15.1. The van der Waals surface area contributed by atoms with Gasteiger partial charge in [0.15, 0.2) is 17.5 Å². The Morgan fingerprint density at radius 3 is 1.44 bits per heavy atom. The predicted octanol–water partition coefficient (Wildman–Crippen LogP) is 14.4. The van der Waals surface area contributed by atoms with Crippen molar-refractivity contribution in [3.63, 3.8) is 0 Å². The minimum absolute atomic E-state index is 0.00981. The molecule has 0 atom stereocenters. The zero-order valence-corrected chi connectivity index (χ0v) is 33.0. The van der Waals surface area contributed by atoms with Crippen LogP contribution < -0.4 is 0 Å². The minimum Gasteiger partial charge on any atom is -0.307 e. The first-order chi connectivity index (χ1) is 34.1. The van der Waals surface area contributed by atoms with Crippen molar-refractivity contribution in [2.75, 3.05) is 0 Å². The molecule has 290 valence electrons. The standard InChI is InChI=1S/C57H37N5/c1-4-17-38(18-5-1)40-31-33-42(34-32-40)56-58-55(41-21-8-3-9-22-41)59-57(60-56)44-35-43(39-19-6-2-7-20-39)36-45(37-44)61-50-27-13-12-25-48(50)49-26-16-30-53(54(49)61)62-51-28-14-10-23-46(51)47-24-11-15-29-52(47)62/h1-37H/i10D,11D,14D,15D,23D,24D,28D,29D. The molecular weight excluding hydrogens is 755 g/mol. The van der Waals surface area contributed by atoms with Crippen LogP contribution in [0.5, 0.6) is 0 Å². The molecule has 12 rings (SSSR count). The van der Waals surface area contributed by atoms with Crippen molar-refractivity contribution in [3.05, 3.63) is 224 Å². The van der Waals surface area contributed by atoms with Gasteiger partial charge in [-0.15, -0.1) is 0 Å². The molecule has 0 N–H and O–H groups in total. The molecule has 0 aliphatic heterocycles. The van der Waals surface area contributed by atoms with E-state index in [4.69, 9.17) is 23.2 Å². The average molecular weight is 800 g/mol. The molecule has 3 heterocycles. The summed E-state index contributed by atoms with van der Waals surface area (Å²) < 4.78 is 75.6. The average Bonchev–Trinajstić information content (AvgIpc) is 3.96. The minimum atomic E-state index is -0.498. The van der Waals surface area contributed by atoms with Gasteiger partial charge in [-0.2, -0.15) is 0 Å². The van der Waals surface area contributed by atoms with Crippen molar-refractivity contribution in [1.82, 2.24) is 24.1 Å². The van der Waals surface area contributed by atoms with Crippen LogP contribution in [0.15, 0.2) is 224 Å². The molecule has 0 saturated carbocycles. The summed E-state index contributed by atoms with van der Waals surface area (Å²) in [6, 6.07) is 54.6. The Bertz CT molecular complexity index is 4000. The number of fused-ring (bicyclic) bond motifs is 6. The normalized spacial score (nSPS) is 13.4. The molecule has 0 aliphatic rings.